The Hall–Kier alpha value is -2.34. The molecule has 1 aromatic heterocycles. The van der Waals surface area contributed by atoms with Crippen LogP contribution in [-0.4, -0.2) is 23.5 Å². The summed E-state index contributed by atoms with van der Waals surface area (Å²) in [5.74, 6) is -1.12. The molecule has 2 aromatic rings. The molecule has 2 rings (SSSR count). The molecule has 0 aliphatic heterocycles. The Balaban J connectivity index is 2.33. The predicted octanol–water partition coefficient (Wildman–Crippen LogP) is 4.60. The molecule has 0 fully saturated rings. The Morgan fingerprint density at radius 1 is 1.24 bits per heavy atom. The second-order valence-electron chi connectivity index (χ2n) is 5.79. The first kappa shape index (κ1) is 19.0. The molecule has 1 heterocycles. The number of rotatable bonds is 9. The van der Waals surface area contributed by atoms with Crippen molar-refractivity contribution in [3.63, 3.8) is 0 Å². The number of amides is 1. The molecule has 6 heteroatoms. The molecule has 0 spiro atoms. The first-order chi connectivity index (χ1) is 12.0. The van der Waals surface area contributed by atoms with Crippen LogP contribution in [0, 0.1) is 0 Å². The fourth-order valence-electron chi connectivity index (χ4n) is 2.53. The smallest absolute Gasteiger partial charge is 0.337 e. The van der Waals surface area contributed by atoms with Crippen molar-refractivity contribution >= 4 is 34.6 Å². The molecular weight excluding hydrogens is 336 g/mol. The second-order valence-corrected chi connectivity index (χ2v) is 6.83. The molecule has 5 nitrogen and oxygen atoms in total. The predicted molar refractivity (Wildman–Crippen MR) is 103 cm³/mol. The van der Waals surface area contributed by atoms with Gasteiger partial charge in [-0.1, -0.05) is 26.3 Å². The number of nitrogens with zero attached hydrogens (tertiary/aromatic N) is 1. The largest absolute Gasteiger partial charge is 0.478 e. The summed E-state index contributed by atoms with van der Waals surface area (Å²) in [6.07, 6.45) is 2.37. The quantitative estimate of drug-likeness (QED) is 0.685. The first-order valence-corrected chi connectivity index (χ1v) is 9.37. The number of hydrogen-bond donors (Lipinski definition) is 2. The lowest BCUT2D eigenvalue weighted by atomic mass is 10.1. The SMILES string of the molecule is CCCCN(Cc1cccs1)c1ccc(NC(=O)CC)cc1C(=O)O. The number of carboxylic acid groups (broad SMARTS) is 1. The van der Waals surface area contributed by atoms with Gasteiger partial charge in [-0.15, -0.1) is 11.3 Å². The molecular formula is C19H24N2O3S. The fourth-order valence-corrected chi connectivity index (χ4v) is 3.25. The van der Waals surface area contributed by atoms with Crippen molar-refractivity contribution in [2.45, 2.75) is 39.7 Å². The van der Waals surface area contributed by atoms with Gasteiger partial charge in [-0.05, 0) is 36.1 Å². The zero-order valence-corrected chi connectivity index (χ0v) is 15.4. The summed E-state index contributed by atoms with van der Waals surface area (Å²) in [6.45, 7) is 5.34. The van der Waals surface area contributed by atoms with Gasteiger partial charge in [0.05, 0.1) is 17.8 Å². The molecule has 0 bridgehead atoms. The van der Waals surface area contributed by atoms with Crippen molar-refractivity contribution < 1.29 is 14.7 Å². The van der Waals surface area contributed by atoms with Crippen LogP contribution in [-0.2, 0) is 11.3 Å². The maximum Gasteiger partial charge on any atom is 0.337 e. The fraction of sp³-hybridized carbons (Fsp3) is 0.368. The molecule has 25 heavy (non-hydrogen) atoms. The molecule has 0 saturated heterocycles. The minimum absolute atomic E-state index is 0.134. The standard InChI is InChI=1S/C19H24N2O3S/c1-3-5-10-21(13-15-7-6-11-25-15)17-9-8-14(20-18(22)4-2)12-16(17)19(23)24/h6-9,11-12H,3-5,10,13H2,1-2H3,(H,20,22)(H,23,24). The van der Waals surface area contributed by atoms with E-state index < -0.39 is 5.97 Å². The van der Waals surface area contributed by atoms with Gasteiger partial charge in [0, 0.05) is 23.5 Å². The van der Waals surface area contributed by atoms with E-state index in [1.54, 1.807) is 36.5 Å². The summed E-state index contributed by atoms with van der Waals surface area (Å²) in [4.78, 5) is 26.6. The van der Waals surface area contributed by atoms with Gasteiger partial charge in [0.2, 0.25) is 5.91 Å². The Labute approximate surface area is 152 Å². The maximum atomic E-state index is 11.8. The molecule has 0 saturated carbocycles. The maximum absolute atomic E-state index is 11.8. The van der Waals surface area contributed by atoms with Crippen LogP contribution in [0.15, 0.2) is 35.7 Å². The van der Waals surface area contributed by atoms with Gasteiger partial charge in [-0.2, -0.15) is 0 Å². The summed E-state index contributed by atoms with van der Waals surface area (Å²) in [6, 6.07) is 9.15. The Morgan fingerprint density at radius 3 is 2.64 bits per heavy atom. The minimum atomic E-state index is -0.990. The minimum Gasteiger partial charge on any atom is -0.478 e. The summed E-state index contributed by atoms with van der Waals surface area (Å²) in [5.41, 5.74) is 1.41. The number of carbonyl (C=O) groups excluding carboxylic acids is 1. The van der Waals surface area contributed by atoms with E-state index in [2.05, 4.69) is 23.2 Å². The van der Waals surface area contributed by atoms with Crippen LogP contribution < -0.4 is 10.2 Å². The number of unbranched alkanes of at least 4 members (excludes halogenated alkanes) is 1. The number of hydrogen-bond acceptors (Lipinski definition) is 4. The molecule has 0 radical (unpaired) electrons. The average molecular weight is 360 g/mol. The first-order valence-electron chi connectivity index (χ1n) is 8.49. The highest BCUT2D eigenvalue weighted by Gasteiger charge is 2.18. The number of nitrogens with one attached hydrogen (secondary N) is 1. The van der Waals surface area contributed by atoms with E-state index in [4.69, 9.17) is 0 Å². The summed E-state index contributed by atoms with van der Waals surface area (Å²) < 4.78 is 0. The monoisotopic (exact) mass is 360 g/mol. The second kappa shape index (κ2) is 9.22. The lowest BCUT2D eigenvalue weighted by Gasteiger charge is -2.26. The van der Waals surface area contributed by atoms with E-state index in [0.717, 1.165) is 19.4 Å². The number of carboxylic acids is 1. The summed E-state index contributed by atoms with van der Waals surface area (Å²) >= 11 is 1.66. The molecule has 0 atom stereocenters. The zero-order chi connectivity index (χ0) is 18.2. The molecule has 1 aromatic carbocycles. The van der Waals surface area contributed by atoms with Crippen molar-refractivity contribution in [1.82, 2.24) is 0 Å². The highest BCUT2D eigenvalue weighted by Crippen LogP contribution is 2.27. The van der Waals surface area contributed by atoms with E-state index in [-0.39, 0.29) is 11.5 Å². The van der Waals surface area contributed by atoms with Crippen molar-refractivity contribution in [3.05, 3.63) is 46.2 Å². The third kappa shape index (κ3) is 5.32. The molecule has 0 aliphatic rings. The van der Waals surface area contributed by atoms with Crippen LogP contribution in [0.3, 0.4) is 0 Å². The van der Waals surface area contributed by atoms with Gasteiger partial charge in [-0.3, -0.25) is 4.79 Å². The number of thiophene rings is 1. The zero-order valence-electron chi connectivity index (χ0n) is 14.6. The Morgan fingerprint density at radius 2 is 2.04 bits per heavy atom. The normalized spacial score (nSPS) is 10.5. The highest BCUT2D eigenvalue weighted by molar-refractivity contribution is 7.09. The highest BCUT2D eigenvalue weighted by atomic mass is 32.1. The average Bonchev–Trinajstić information content (AvgIpc) is 3.11. The lowest BCUT2D eigenvalue weighted by Crippen LogP contribution is -2.25. The summed E-state index contributed by atoms with van der Waals surface area (Å²) in [5, 5.41) is 14.4. The van der Waals surface area contributed by atoms with Gasteiger partial charge in [-0.25, -0.2) is 4.79 Å². The van der Waals surface area contributed by atoms with Crippen LogP contribution in [0.4, 0.5) is 11.4 Å². The van der Waals surface area contributed by atoms with Gasteiger partial charge in [0.15, 0.2) is 0 Å². The van der Waals surface area contributed by atoms with Crippen LogP contribution in [0.5, 0.6) is 0 Å². The van der Waals surface area contributed by atoms with Crippen LogP contribution in [0.2, 0.25) is 0 Å². The third-order valence-electron chi connectivity index (χ3n) is 3.88. The van der Waals surface area contributed by atoms with Crippen molar-refractivity contribution in [2.75, 3.05) is 16.8 Å². The van der Waals surface area contributed by atoms with Gasteiger partial charge in [0.25, 0.3) is 0 Å². The third-order valence-corrected chi connectivity index (χ3v) is 4.74. The number of carbonyl (C=O) groups is 2. The molecule has 2 N–H and O–H groups in total. The number of aromatic carboxylic acids is 1. The molecule has 1 amide bonds. The Bertz CT molecular complexity index is 713. The van der Waals surface area contributed by atoms with Crippen molar-refractivity contribution in [3.8, 4) is 0 Å². The molecule has 134 valence electrons. The lowest BCUT2D eigenvalue weighted by molar-refractivity contribution is -0.115. The van der Waals surface area contributed by atoms with E-state index >= 15 is 0 Å². The molecule has 0 unspecified atom stereocenters. The van der Waals surface area contributed by atoms with E-state index in [9.17, 15) is 14.7 Å². The van der Waals surface area contributed by atoms with Gasteiger partial charge < -0.3 is 15.3 Å². The van der Waals surface area contributed by atoms with Crippen LogP contribution in [0.25, 0.3) is 0 Å². The topological polar surface area (TPSA) is 69.6 Å². The van der Waals surface area contributed by atoms with Crippen LogP contribution in [0.1, 0.15) is 48.3 Å². The number of benzene rings is 1. The van der Waals surface area contributed by atoms with Crippen molar-refractivity contribution in [1.29, 1.82) is 0 Å². The van der Waals surface area contributed by atoms with Crippen molar-refractivity contribution in [2.24, 2.45) is 0 Å². The Kier molecular flexibility index (Phi) is 7.01. The van der Waals surface area contributed by atoms with E-state index in [1.807, 2.05) is 11.4 Å². The van der Waals surface area contributed by atoms with Gasteiger partial charge in [0.1, 0.15) is 0 Å². The van der Waals surface area contributed by atoms with Gasteiger partial charge >= 0.3 is 5.97 Å². The van der Waals surface area contributed by atoms with E-state index in [1.165, 1.54) is 4.88 Å². The van der Waals surface area contributed by atoms with E-state index in [0.29, 0.717) is 24.3 Å². The van der Waals surface area contributed by atoms with Crippen LogP contribution >= 0.6 is 11.3 Å². The summed E-state index contributed by atoms with van der Waals surface area (Å²) in [7, 11) is 0. The number of anilines is 2. The molecule has 0 aliphatic carbocycles.